The third-order valence-electron chi connectivity index (χ3n) is 2.45. The van der Waals surface area contributed by atoms with Gasteiger partial charge in [0.2, 0.25) is 5.95 Å². The number of halogens is 1. The molecule has 0 radical (unpaired) electrons. The van der Waals surface area contributed by atoms with E-state index < -0.39 is 5.95 Å². The van der Waals surface area contributed by atoms with Gasteiger partial charge >= 0.3 is 0 Å². The topological polar surface area (TPSA) is 42.0 Å². The van der Waals surface area contributed by atoms with E-state index in [2.05, 4.69) is 10.3 Å². The molecule has 0 bridgehead atoms. The maximum absolute atomic E-state index is 12.6. The minimum atomic E-state index is -0.585. The Labute approximate surface area is 109 Å². The molecule has 3 nitrogen and oxygen atoms in total. The van der Waals surface area contributed by atoms with E-state index in [0.717, 1.165) is 6.42 Å². The zero-order chi connectivity index (χ0) is 13.0. The Bertz CT molecular complexity index is 510. The largest absolute Gasteiger partial charge is 0.349 e. The van der Waals surface area contributed by atoms with Crippen LogP contribution in [0.4, 0.5) is 4.39 Å². The van der Waals surface area contributed by atoms with Crippen LogP contribution in [0.25, 0.3) is 0 Å². The summed E-state index contributed by atoms with van der Waals surface area (Å²) in [4.78, 5) is 16.5. The van der Waals surface area contributed by atoms with Crippen LogP contribution in [-0.4, -0.2) is 16.9 Å². The Balaban J connectivity index is 1.92. The monoisotopic (exact) mass is 264 g/mol. The molecular weight excluding hydrogens is 251 g/mol. The number of nitrogens with zero attached hydrogens (tertiary/aromatic N) is 1. The second-order valence-electron chi connectivity index (χ2n) is 4.03. The van der Waals surface area contributed by atoms with Crippen molar-refractivity contribution in [2.45, 2.75) is 19.4 Å². The molecule has 0 aliphatic heterocycles. The summed E-state index contributed by atoms with van der Waals surface area (Å²) in [7, 11) is 0. The van der Waals surface area contributed by atoms with Crippen molar-refractivity contribution in [2.75, 3.05) is 0 Å². The fourth-order valence-electron chi connectivity index (χ4n) is 1.60. The first-order valence-corrected chi connectivity index (χ1v) is 6.48. The minimum absolute atomic E-state index is 0.0289. The second kappa shape index (κ2) is 5.73. The molecule has 1 unspecified atom stereocenters. The van der Waals surface area contributed by atoms with Crippen molar-refractivity contribution in [3.63, 3.8) is 0 Å². The van der Waals surface area contributed by atoms with Gasteiger partial charge < -0.3 is 5.32 Å². The highest BCUT2D eigenvalue weighted by atomic mass is 32.1. The third kappa shape index (κ3) is 3.37. The van der Waals surface area contributed by atoms with E-state index in [-0.39, 0.29) is 11.9 Å². The lowest BCUT2D eigenvalue weighted by atomic mass is 10.2. The number of hydrogen-bond acceptors (Lipinski definition) is 3. The lowest BCUT2D eigenvalue weighted by Gasteiger charge is -2.12. The minimum Gasteiger partial charge on any atom is -0.349 e. The van der Waals surface area contributed by atoms with E-state index in [1.54, 1.807) is 11.3 Å². The zero-order valence-electron chi connectivity index (χ0n) is 9.89. The molecule has 0 saturated carbocycles. The van der Waals surface area contributed by atoms with Crippen LogP contribution in [0.3, 0.4) is 0 Å². The summed E-state index contributed by atoms with van der Waals surface area (Å²) in [5.41, 5.74) is 0.370. The molecular formula is C13H13FN2OS. The standard InChI is InChI=1S/C13H13FN2OS/c1-9(7-11-3-2-6-18-11)16-13(17)10-4-5-12(14)15-8-10/h2-6,8-9H,7H2,1H3,(H,16,17). The van der Waals surface area contributed by atoms with Gasteiger partial charge in [0.05, 0.1) is 5.56 Å². The van der Waals surface area contributed by atoms with Gasteiger partial charge in [0.25, 0.3) is 5.91 Å². The van der Waals surface area contributed by atoms with E-state index >= 15 is 0 Å². The van der Waals surface area contributed by atoms with Gasteiger partial charge in [-0.15, -0.1) is 11.3 Å². The smallest absolute Gasteiger partial charge is 0.253 e. The van der Waals surface area contributed by atoms with Crippen LogP contribution in [0.15, 0.2) is 35.8 Å². The molecule has 0 spiro atoms. The first-order valence-electron chi connectivity index (χ1n) is 5.60. The third-order valence-corrected chi connectivity index (χ3v) is 3.35. The van der Waals surface area contributed by atoms with E-state index in [0.29, 0.717) is 5.56 Å². The van der Waals surface area contributed by atoms with Crippen LogP contribution >= 0.6 is 11.3 Å². The number of pyridine rings is 1. The van der Waals surface area contributed by atoms with Crippen molar-refractivity contribution in [1.29, 1.82) is 0 Å². The summed E-state index contributed by atoms with van der Waals surface area (Å²) in [5.74, 6) is -0.815. The van der Waals surface area contributed by atoms with Crippen molar-refractivity contribution in [3.05, 3.63) is 52.2 Å². The van der Waals surface area contributed by atoms with Gasteiger partial charge in [-0.3, -0.25) is 4.79 Å². The van der Waals surface area contributed by atoms with Gasteiger partial charge in [0.1, 0.15) is 0 Å². The van der Waals surface area contributed by atoms with Crippen molar-refractivity contribution >= 4 is 17.2 Å². The highest BCUT2D eigenvalue weighted by molar-refractivity contribution is 7.09. The van der Waals surface area contributed by atoms with Crippen molar-refractivity contribution in [2.24, 2.45) is 0 Å². The first kappa shape index (κ1) is 12.7. The first-order chi connectivity index (χ1) is 8.65. The number of nitrogens with one attached hydrogen (secondary N) is 1. The SMILES string of the molecule is CC(Cc1cccs1)NC(=O)c1ccc(F)nc1. The maximum Gasteiger partial charge on any atom is 0.253 e. The Morgan fingerprint density at radius 3 is 2.94 bits per heavy atom. The molecule has 1 amide bonds. The van der Waals surface area contributed by atoms with Gasteiger partial charge in [0.15, 0.2) is 0 Å². The Morgan fingerprint density at radius 2 is 2.33 bits per heavy atom. The molecule has 1 N–H and O–H groups in total. The molecule has 5 heteroatoms. The van der Waals surface area contributed by atoms with E-state index in [1.165, 1.54) is 23.2 Å². The summed E-state index contributed by atoms with van der Waals surface area (Å²) < 4.78 is 12.6. The molecule has 0 aliphatic rings. The van der Waals surface area contributed by atoms with E-state index in [9.17, 15) is 9.18 Å². The molecule has 0 fully saturated rings. The number of hydrogen-bond donors (Lipinski definition) is 1. The lowest BCUT2D eigenvalue weighted by molar-refractivity contribution is 0.0940. The molecule has 2 aromatic heterocycles. The zero-order valence-corrected chi connectivity index (χ0v) is 10.7. The number of rotatable bonds is 4. The molecule has 94 valence electrons. The predicted molar refractivity (Wildman–Crippen MR) is 69.1 cm³/mol. The van der Waals surface area contributed by atoms with Gasteiger partial charge in [0, 0.05) is 23.5 Å². The Kier molecular flexibility index (Phi) is 4.04. The van der Waals surface area contributed by atoms with Crippen LogP contribution in [0.5, 0.6) is 0 Å². The number of amides is 1. The number of thiophene rings is 1. The van der Waals surface area contributed by atoms with E-state index in [1.807, 2.05) is 24.4 Å². The van der Waals surface area contributed by atoms with Crippen molar-refractivity contribution in [3.8, 4) is 0 Å². The second-order valence-corrected chi connectivity index (χ2v) is 5.06. The maximum atomic E-state index is 12.6. The van der Waals surface area contributed by atoms with Gasteiger partial charge in [-0.2, -0.15) is 4.39 Å². The molecule has 0 aromatic carbocycles. The molecule has 2 heterocycles. The molecule has 0 saturated heterocycles. The molecule has 2 rings (SSSR count). The molecule has 18 heavy (non-hydrogen) atoms. The summed E-state index contributed by atoms with van der Waals surface area (Å²) in [5, 5.41) is 4.87. The van der Waals surface area contributed by atoms with E-state index in [4.69, 9.17) is 0 Å². The normalized spacial score (nSPS) is 12.1. The van der Waals surface area contributed by atoms with Crippen LogP contribution in [-0.2, 0) is 6.42 Å². The molecule has 1 atom stereocenters. The lowest BCUT2D eigenvalue weighted by Crippen LogP contribution is -2.33. The fraction of sp³-hybridized carbons (Fsp3) is 0.231. The van der Waals surface area contributed by atoms with Crippen LogP contribution in [0.2, 0.25) is 0 Å². The Hall–Kier alpha value is -1.75. The highest BCUT2D eigenvalue weighted by Gasteiger charge is 2.11. The average molecular weight is 264 g/mol. The van der Waals surface area contributed by atoms with Gasteiger partial charge in [-0.1, -0.05) is 6.07 Å². The highest BCUT2D eigenvalue weighted by Crippen LogP contribution is 2.11. The number of carbonyl (C=O) groups is 1. The van der Waals surface area contributed by atoms with Crippen LogP contribution in [0.1, 0.15) is 22.2 Å². The quantitative estimate of drug-likeness (QED) is 0.863. The number of aromatic nitrogens is 1. The number of carbonyl (C=O) groups excluding carboxylic acids is 1. The van der Waals surface area contributed by atoms with Gasteiger partial charge in [-0.25, -0.2) is 4.98 Å². The summed E-state index contributed by atoms with van der Waals surface area (Å²) in [6.07, 6.45) is 2.03. The summed E-state index contributed by atoms with van der Waals surface area (Å²) >= 11 is 1.66. The average Bonchev–Trinajstić information content (AvgIpc) is 2.82. The van der Waals surface area contributed by atoms with Crippen LogP contribution < -0.4 is 5.32 Å². The predicted octanol–water partition coefficient (Wildman–Crippen LogP) is 2.64. The van der Waals surface area contributed by atoms with Gasteiger partial charge in [-0.05, 0) is 30.5 Å². The molecule has 2 aromatic rings. The van der Waals surface area contributed by atoms with Crippen LogP contribution in [0, 0.1) is 5.95 Å². The van der Waals surface area contributed by atoms with Crippen molar-refractivity contribution in [1.82, 2.24) is 10.3 Å². The van der Waals surface area contributed by atoms with Crippen molar-refractivity contribution < 1.29 is 9.18 Å². The summed E-state index contributed by atoms with van der Waals surface area (Å²) in [6, 6.07) is 6.65. The molecule has 0 aliphatic carbocycles. The summed E-state index contributed by atoms with van der Waals surface area (Å²) in [6.45, 7) is 1.94. The Morgan fingerprint density at radius 1 is 1.50 bits per heavy atom. The fourth-order valence-corrected chi connectivity index (χ4v) is 2.43.